The van der Waals surface area contributed by atoms with Crippen LogP contribution in [-0.2, 0) is 22.4 Å². The number of nitrogens with zero attached hydrogens (tertiary/aromatic N) is 2. The fourth-order valence-electron chi connectivity index (χ4n) is 4.79. The molecule has 2 fully saturated rings. The maximum atomic E-state index is 13.4. The molecular weight excluding hydrogens is 378 g/mol. The highest BCUT2D eigenvalue weighted by Crippen LogP contribution is 2.32. The van der Waals surface area contributed by atoms with Crippen LogP contribution in [0.2, 0.25) is 0 Å². The van der Waals surface area contributed by atoms with Gasteiger partial charge in [-0.15, -0.1) is 0 Å². The molecule has 30 heavy (non-hydrogen) atoms. The Morgan fingerprint density at radius 2 is 2.03 bits per heavy atom. The van der Waals surface area contributed by atoms with Gasteiger partial charge in [0, 0.05) is 24.4 Å². The molecule has 0 unspecified atom stereocenters. The molecule has 2 aromatic rings. The Morgan fingerprint density at radius 1 is 1.20 bits per heavy atom. The lowest BCUT2D eigenvalue weighted by atomic mass is 9.97. The first kappa shape index (κ1) is 20.4. The van der Waals surface area contributed by atoms with E-state index in [1.165, 1.54) is 0 Å². The summed E-state index contributed by atoms with van der Waals surface area (Å²) < 4.78 is 5.26. The van der Waals surface area contributed by atoms with E-state index >= 15 is 0 Å². The van der Waals surface area contributed by atoms with Gasteiger partial charge in [0.1, 0.15) is 5.75 Å². The quantitative estimate of drug-likeness (QED) is 0.827. The van der Waals surface area contributed by atoms with E-state index in [-0.39, 0.29) is 36.4 Å². The molecule has 2 amide bonds. The maximum absolute atomic E-state index is 13.4. The van der Waals surface area contributed by atoms with Crippen LogP contribution in [0.3, 0.4) is 0 Å². The molecule has 2 aliphatic heterocycles. The number of fused-ring (bicyclic) bond motifs is 1. The summed E-state index contributed by atoms with van der Waals surface area (Å²) in [6, 6.07) is 13.8. The minimum absolute atomic E-state index is 0.0220. The smallest absolute Gasteiger partial charge is 0.229 e. The third-order valence-corrected chi connectivity index (χ3v) is 6.22. The van der Waals surface area contributed by atoms with Crippen molar-refractivity contribution in [3.05, 3.63) is 59.9 Å². The number of ether oxygens (including phenoxy) is 1. The number of carbonyl (C=O) groups excluding carboxylic acids is 2. The van der Waals surface area contributed by atoms with Gasteiger partial charge in [-0.2, -0.15) is 0 Å². The van der Waals surface area contributed by atoms with Crippen LogP contribution in [0, 0.1) is 0 Å². The van der Waals surface area contributed by atoms with E-state index in [4.69, 9.17) is 4.74 Å². The van der Waals surface area contributed by atoms with Crippen LogP contribution in [0.5, 0.6) is 5.75 Å². The van der Waals surface area contributed by atoms with Crippen molar-refractivity contribution in [3.8, 4) is 5.75 Å². The lowest BCUT2D eigenvalue weighted by Gasteiger charge is -2.33. The normalized spacial score (nSPS) is 23.8. The Kier molecular flexibility index (Phi) is 6.31. The molecule has 1 N–H and O–H groups in total. The highest BCUT2D eigenvalue weighted by atomic mass is 16.5. The highest BCUT2D eigenvalue weighted by molar-refractivity contribution is 5.80. The summed E-state index contributed by atoms with van der Waals surface area (Å²) in [5, 5.41) is 3.20. The third-order valence-electron chi connectivity index (χ3n) is 6.22. The molecule has 6 nitrogen and oxygen atoms in total. The zero-order valence-electron chi connectivity index (χ0n) is 17.4. The first-order chi connectivity index (χ1) is 14.6. The molecule has 158 valence electrons. The summed E-state index contributed by atoms with van der Waals surface area (Å²) in [5.74, 6) is 1.02. The lowest BCUT2D eigenvalue weighted by Crippen LogP contribution is -2.49. The van der Waals surface area contributed by atoms with Crippen LogP contribution in [0.15, 0.2) is 48.7 Å². The van der Waals surface area contributed by atoms with E-state index in [0.29, 0.717) is 6.42 Å². The molecule has 6 heteroatoms. The van der Waals surface area contributed by atoms with E-state index in [0.717, 1.165) is 49.1 Å². The van der Waals surface area contributed by atoms with Gasteiger partial charge in [0.05, 0.1) is 25.6 Å². The van der Waals surface area contributed by atoms with Crippen molar-refractivity contribution in [2.45, 2.75) is 63.1 Å². The second-order valence-electron chi connectivity index (χ2n) is 8.23. The number of likely N-dealkylation sites (tertiary alicyclic amines) is 1. The van der Waals surface area contributed by atoms with Crippen LogP contribution >= 0.6 is 0 Å². The Labute approximate surface area is 177 Å². The van der Waals surface area contributed by atoms with Crippen LogP contribution in [0.25, 0.3) is 0 Å². The number of nitrogens with one attached hydrogen (secondary N) is 1. The molecule has 0 radical (unpaired) electrons. The predicted molar refractivity (Wildman–Crippen MR) is 114 cm³/mol. The van der Waals surface area contributed by atoms with Gasteiger partial charge >= 0.3 is 0 Å². The third kappa shape index (κ3) is 4.64. The minimum atomic E-state index is 0.0220. The van der Waals surface area contributed by atoms with Gasteiger partial charge < -0.3 is 15.0 Å². The summed E-state index contributed by atoms with van der Waals surface area (Å²) in [6.45, 7) is 0. The van der Waals surface area contributed by atoms with Gasteiger partial charge in [-0.1, -0.05) is 24.6 Å². The first-order valence-corrected chi connectivity index (χ1v) is 10.8. The molecule has 0 spiro atoms. The topological polar surface area (TPSA) is 71.5 Å². The van der Waals surface area contributed by atoms with Crippen molar-refractivity contribution in [3.63, 3.8) is 0 Å². The second kappa shape index (κ2) is 9.28. The first-order valence-electron chi connectivity index (χ1n) is 10.8. The summed E-state index contributed by atoms with van der Waals surface area (Å²) in [6.07, 6.45) is 6.92. The summed E-state index contributed by atoms with van der Waals surface area (Å²) in [4.78, 5) is 32.0. The van der Waals surface area contributed by atoms with Crippen molar-refractivity contribution in [2.75, 3.05) is 7.11 Å². The van der Waals surface area contributed by atoms with Crippen LogP contribution in [0.1, 0.15) is 43.4 Å². The molecule has 4 rings (SSSR count). The van der Waals surface area contributed by atoms with Gasteiger partial charge in [-0.3, -0.25) is 14.6 Å². The number of benzene rings is 1. The summed E-state index contributed by atoms with van der Waals surface area (Å²) in [7, 11) is 1.66. The van der Waals surface area contributed by atoms with E-state index in [2.05, 4.69) is 27.3 Å². The number of pyridine rings is 1. The van der Waals surface area contributed by atoms with Crippen molar-refractivity contribution < 1.29 is 14.3 Å². The van der Waals surface area contributed by atoms with E-state index < -0.39 is 0 Å². The van der Waals surface area contributed by atoms with Crippen molar-refractivity contribution in [1.29, 1.82) is 0 Å². The van der Waals surface area contributed by atoms with Gasteiger partial charge in [0.2, 0.25) is 11.8 Å². The maximum Gasteiger partial charge on any atom is 0.229 e. The van der Waals surface area contributed by atoms with Crippen molar-refractivity contribution in [2.24, 2.45) is 0 Å². The molecule has 3 atom stereocenters. The number of hydrogen-bond acceptors (Lipinski definition) is 4. The van der Waals surface area contributed by atoms with Gasteiger partial charge in [-0.05, 0) is 55.5 Å². The number of aromatic nitrogens is 1. The number of carbonyl (C=O) groups is 2. The average Bonchev–Trinajstić information content (AvgIpc) is 3.06. The number of rotatable bonds is 5. The predicted octanol–water partition coefficient (Wildman–Crippen LogP) is 2.90. The SMILES string of the molecule is COc1ccc(C[C@@H]2C[C@@H]3NC(=O)CCCC[C@H]3N2C(=O)Cc2ccccn2)cc1. The Hall–Kier alpha value is -2.89. The van der Waals surface area contributed by atoms with Crippen molar-refractivity contribution >= 4 is 11.8 Å². The van der Waals surface area contributed by atoms with E-state index in [1.54, 1.807) is 13.3 Å². The van der Waals surface area contributed by atoms with E-state index in [1.807, 2.05) is 30.3 Å². The summed E-state index contributed by atoms with van der Waals surface area (Å²) >= 11 is 0. The fourth-order valence-corrected chi connectivity index (χ4v) is 4.79. The van der Waals surface area contributed by atoms with Crippen LogP contribution in [-0.4, -0.2) is 46.9 Å². The highest BCUT2D eigenvalue weighted by Gasteiger charge is 2.44. The Bertz CT molecular complexity index is 869. The van der Waals surface area contributed by atoms with Crippen LogP contribution < -0.4 is 10.1 Å². The average molecular weight is 408 g/mol. The van der Waals surface area contributed by atoms with Gasteiger partial charge in [0.25, 0.3) is 0 Å². The zero-order valence-corrected chi connectivity index (χ0v) is 17.4. The Morgan fingerprint density at radius 3 is 2.77 bits per heavy atom. The molecule has 1 aromatic carbocycles. The molecule has 0 bridgehead atoms. The molecule has 2 saturated heterocycles. The summed E-state index contributed by atoms with van der Waals surface area (Å²) in [5.41, 5.74) is 1.95. The standard InChI is InChI=1S/C24H29N3O3/c1-30-20-11-9-17(10-12-20)14-19-16-21-22(7-2-3-8-23(28)26-21)27(19)24(29)15-18-6-4-5-13-25-18/h4-6,9-13,19,21-22H,2-3,7-8,14-16H2,1H3,(H,26,28)/t19-,21+,22-/m1/s1. The molecule has 2 aliphatic rings. The second-order valence-corrected chi connectivity index (χ2v) is 8.23. The minimum Gasteiger partial charge on any atom is -0.497 e. The number of methoxy groups -OCH3 is 1. The molecule has 0 saturated carbocycles. The van der Waals surface area contributed by atoms with Gasteiger partial charge in [-0.25, -0.2) is 0 Å². The number of hydrogen-bond donors (Lipinski definition) is 1. The molecule has 0 aliphatic carbocycles. The largest absolute Gasteiger partial charge is 0.497 e. The fraction of sp³-hybridized carbons (Fsp3) is 0.458. The zero-order chi connectivity index (χ0) is 20.9. The molecule has 1 aromatic heterocycles. The molecular formula is C24H29N3O3. The Balaban J connectivity index is 1.57. The molecule has 3 heterocycles. The van der Waals surface area contributed by atoms with Gasteiger partial charge in [0.15, 0.2) is 0 Å². The van der Waals surface area contributed by atoms with Crippen molar-refractivity contribution in [1.82, 2.24) is 15.2 Å². The van der Waals surface area contributed by atoms with E-state index in [9.17, 15) is 9.59 Å². The van der Waals surface area contributed by atoms with Crippen LogP contribution in [0.4, 0.5) is 0 Å². The lowest BCUT2D eigenvalue weighted by molar-refractivity contribution is -0.134. The monoisotopic (exact) mass is 407 g/mol. The number of amides is 2.